The Labute approximate surface area is 113 Å². The molecule has 0 aliphatic heterocycles. The lowest BCUT2D eigenvalue weighted by Gasteiger charge is -2.15. The number of ether oxygens (including phenoxy) is 1. The number of benzene rings is 2. The van der Waals surface area contributed by atoms with Crippen molar-refractivity contribution in [3.8, 4) is 5.75 Å². The number of aliphatic hydroxyl groups is 1. The Morgan fingerprint density at radius 3 is 2.53 bits per heavy atom. The number of para-hydroxylation sites is 1. The molecule has 0 spiro atoms. The number of aryl methyl sites for hydroxylation is 1. The van der Waals surface area contributed by atoms with Gasteiger partial charge in [0.2, 0.25) is 0 Å². The zero-order valence-corrected chi connectivity index (χ0v) is 11.0. The van der Waals surface area contributed by atoms with Gasteiger partial charge in [-0.15, -0.1) is 0 Å². The van der Waals surface area contributed by atoms with Gasteiger partial charge in [0, 0.05) is 12.1 Å². The molecule has 3 nitrogen and oxygen atoms in total. The van der Waals surface area contributed by atoms with E-state index in [4.69, 9.17) is 10.5 Å². The lowest BCUT2D eigenvalue weighted by molar-refractivity contribution is 0.178. The van der Waals surface area contributed by atoms with Crippen LogP contribution in [0, 0.1) is 6.92 Å². The fourth-order valence-electron chi connectivity index (χ4n) is 1.94. The van der Waals surface area contributed by atoms with Crippen molar-refractivity contribution in [1.82, 2.24) is 0 Å². The molecule has 0 bridgehead atoms. The van der Waals surface area contributed by atoms with Crippen LogP contribution in [0.5, 0.6) is 5.75 Å². The van der Waals surface area contributed by atoms with Crippen molar-refractivity contribution in [3.63, 3.8) is 0 Å². The van der Waals surface area contributed by atoms with Crippen LogP contribution in [-0.4, -0.2) is 11.7 Å². The summed E-state index contributed by atoms with van der Waals surface area (Å²) in [6.07, 6.45) is -0.687. The molecule has 0 aliphatic carbocycles. The average Bonchev–Trinajstić information content (AvgIpc) is 2.46. The fourth-order valence-corrected chi connectivity index (χ4v) is 1.94. The zero-order valence-electron chi connectivity index (χ0n) is 11.0. The Hall–Kier alpha value is -1.84. The summed E-state index contributed by atoms with van der Waals surface area (Å²) in [5, 5.41) is 9.86. The largest absolute Gasteiger partial charge is 0.489 e. The molecular weight excluding hydrogens is 238 g/mol. The molecule has 0 amide bonds. The van der Waals surface area contributed by atoms with E-state index in [-0.39, 0.29) is 6.54 Å². The summed E-state index contributed by atoms with van der Waals surface area (Å²) in [5.74, 6) is 0.684. The predicted octanol–water partition coefficient (Wildman–Crippen LogP) is 2.57. The molecule has 2 rings (SSSR count). The molecule has 0 saturated carbocycles. The molecule has 1 atom stereocenters. The molecule has 100 valence electrons. The van der Waals surface area contributed by atoms with Gasteiger partial charge in [0.05, 0.1) is 6.10 Å². The van der Waals surface area contributed by atoms with Crippen molar-refractivity contribution in [3.05, 3.63) is 65.2 Å². The summed E-state index contributed by atoms with van der Waals surface area (Å²) in [7, 11) is 0. The smallest absolute Gasteiger partial charge is 0.125 e. The lowest BCUT2D eigenvalue weighted by atomic mass is 10.1. The molecule has 0 saturated heterocycles. The van der Waals surface area contributed by atoms with Gasteiger partial charge in [-0.2, -0.15) is 0 Å². The van der Waals surface area contributed by atoms with Crippen molar-refractivity contribution >= 4 is 0 Å². The molecule has 0 aliphatic rings. The first kappa shape index (κ1) is 13.6. The standard InChI is InChI=1S/C16H19NO2/c1-12-6-2-3-7-13(12)11-19-16-9-5-4-8-14(16)15(18)10-17/h2-9,15,18H,10-11,17H2,1H3. The first-order chi connectivity index (χ1) is 9.22. The molecule has 0 aromatic heterocycles. The molecule has 2 aromatic carbocycles. The van der Waals surface area contributed by atoms with E-state index in [1.165, 1.54) is 5.56 Å². The summed E-state index contributed by atoms with van der Waals surface area (Å²) < 4.78 is 5.81. The van der Waals surface area contributed by atoms with Gasteiger partial charge in [0.1, 0.15) is 12.4 Å². The number of aliphatic hydroxyl groups excluding tert-OH is 1. The SMILES string of the molecule is Cc1ccccc1COc1ccccc1C(O)CN. The van der Waals surface area contributed by atoms with E-state index in [9.17, 15) is 5.11 Å². The van der Waals surface area contributed by atoms with Crippen LogP contribution in [0.4, 0.5) is 0 Å². The van der Waals surface area contributed by atoms with Crippen molar-refractivity contribution < 1.29 is 9.84 Å². The van der Waals surface area contributed by atoms with E-state index in [0.29, 0.717) is 12.4 Å². The summed E-state index contributed by atoms with van der Waals surface area (Å²) in [5.41, 5.74) is 8.57. The highest BCUT2D eigenvalue weighted by Crippen LogP contribution is 2.25. The van der Waals surface area contributed by atoms with E-state index in [1.807, 2.05) is 42.5 Å². The third kappa shape index (κ3) is 3.34. The summed E-state index contributed by atoms with van der Waals surface area (Å²) in [4.78, 5) is 0. The number of nitrogens with two attached hydrogens (primary N) is 1. The number of rotatable bonds is 5. The van der Waals surface area contributed by atoms with Crippen LogP contribution in [0.1, 0.15) is 22.8 Å². The predicted molar refractivity (Wildman–Crippen MR) is 76.0 cm³/mol. The summed E-state index contributed by atoms with van der Waals surface area (Å²) >= 11 is 0. The zero-order chi connectivity index (χ0) is 13.7. The maximum Gasteiger partial charge on any atom is 0.125 e. The maximum atomic E-state index is 9.86. The van der Waals surface area contributed by atoms with Crippen LogP contribution in [-0.2, 0) is 6.61 Å². The highest BCUT2D eigenvalue weighted by molar-refractivity contribution is 5.36. The normalized spacial score (nSPS) is 12.2. The molecule has 1 unspecified atom stereocenters. The summed E-state index contributed by atoms with van der Waals surface area (Å²) in [6.45, 7) is 2.73. The second kappa shape index (κ2) is 6.36. The van der Waals surface area contributed by atoms with Gasteiger partial charge in [-0.1, -0.05) is 42.5 Å². The first-order valence-electron chi connectivity index (χ1n) is 6.36. The van der Waals surface area contributed by atoms with Crippen LogP contribution < -0.4 is 10.5 Å². The van der Waals surface area contributed by atoms with E-state index < -0.39 is 6.10 Å². The third-order valence-electron chi connectivity index (χ3n) is 3.15. The van der Waals surface area contributed by atoms with Crippen molar-refractivity contribution in [2.45, 2.75) is 19.6 Å². The Kier molecular flexibility index (Phi) is 4.55. The van der Waals surface area contributed by atoms with Crippen LogP contribution >= 0.6 is 0 Å². The van der Waals surface area contributed by atoms with Gasteiger partial charge in [-0.3, -0.25) is 0 Å². The third-order valence-corrected chi connectivity index (χ3v) is 3.15. The summed E-state index contributed by atoms with van der Waals surface area (Å²) in [6, 6.07) is 15.5. The van der Waals surface area contributed by atoms with E-state index in [2.05, 4.69) is 13.0 Å². The van der Waals surface area contributed by atoms with E-state index in [0.717, 1.165) is 11.1 Å². The van der Waals surface area contributed by atoms with Crippen molar-refractivity contribution in [2.24, 2.45) is 5.73 Å². The lowest BCUT2D eigenvalue weighted by Crippen LogP contribution is -2.13. The molecule has 19 heavy (non-hydrogen) atoms. The van der Waals surface area contributed by atoms with Gasteiger partial charge < -0.3 is 15.6 Å². The topological polar surface area (TPSA) is 55.5 Å². The second-order valence-electron chi connectivity index (χ2n) is 4.50. The van der Waals surface area contributed by atoms with Crippen molar-refractivity contribution in [1.29, 1.82) is 0 Å². The molecule has 2 aromatic rings. The first-order valence-corrected chi connectivity index (χ1v) is 6.36. The Bertz CT molecular complexity index is 540. The molecule has 3 heteroatoms. The molecule has 0 fully saturated rings. The van der Waals surface area contributed by atoms with E-state index >= 15 is 0 Å². The maximum absolute atomic E-state index is 9.86. The fraction of sp³-hybridized carbons (Fsp3) is 0.250. The van der Waals surface area contributed by atoms with Crippen LogP contribution in [0.3, 0.4) is 0 Å². The van der Waals surface area contributed by atoms with Crippen LogP contribution in [0.15, 0.2) is 48.5 Å². The molecule has 0 radical (unpaired) electrons. The van der Waals surface area contributed by atoms with Gasteiger partial charge in [0.15, 0.2) is 0 Å². The minimum atomic E-state index is -0.687. The second-order valence-corrected chi connectivity index (χ2v) is 4.50. The minimum absolute atomic E-state index is 0.185. The minimum Gasteiger partial charge on any atom is -0.489 e. The van der Waals surface area contributed by atoms with E-state index in [1.54, 1.807) is 0 Å². The highest BCUT2D eigenvalue weighted by Gasteiger charge is 2.11. The number of hydrogen-bond donors (Lipinski definition) is 2. The van der Waals surface area contributed by atoms with Gasteiger partial charge >= 0.3 is 0 Å². The Morgan fingerprint density at radius 2 is 1.79 bits per heavy atom. The van der Waals surface area contributed by atoms with Gasteiger partial charge in [-0.25, -0.2) is 0 Å². The van der Waals surface area contributed by atoms with Crippen LogP contribution in [0.2, 0.25) is 0 Å². The molecular formula is C16H19NO2. The molecule has 0 heterocycles. The quantitative estimate of drug-likeness (QED) is 0.865. The highest BCUT2D eigenvalue weighted by atomic mass is 16.5. The molecule has 3 N–H and O–H groups in total. The Balaban J connectivity index is 2.14. The van der Waals surface area contributed by atoms with Gasteiger partial charge in [0.25, 0.3) is 0 Å². The monoisotopic (exact) mass is 257 g/mol. The Morgan fingerprint density at radius 1 is 1.11 bits per heavy atom. The number of hydrogen-bond acceptors (Lipinski definition) is 3. The van der Waals surface area contributed by atoms with Gasteiger partial charge in [-0.05, 0) is 24.1 Å². The average molecular weight is 257 g/mol. The van der Waals surface area contributed by atoms with Crippen LogP contribution in [0.25, 0.3) is 0 Å². The van der Waals surface area contributed by atoms with Crippen molar-refractivity contribution in [2.75, 3.05) is 6.54 Å².